The first-order valence-corrected chi connectivity index (χ1v) is 19.6. The number of benzene rings is 3. The number of nitrogens with one attached hydrogen (secondary N) is 2. The number of hydrogen-bond acceptors (Lipinski definition) is 5. The molecule has 280 valence electrons. The minimum Gasteiger partial charge on any atom is -0.488 e. The number of H-pyrrole nitrogens is 2. The quantitative estimate of drug-likeness (QED) is 0.105. The topological polar surface area (TPSA) is 107 Å². The maximum Gasteiger partial charge on any atom is 0.223 e. The van der Waals surface area contributed by atoms with Gasteiger partial charge in [0.25, 0.3) is 0 Å². The van der Waals surface area contributed by atoms with Crippen molar-refractivity contribution in [2.75, 3.05) is 0 Å². The number of carbonyl (C=O) groups excluding carboxylic acids is 2. The number of hydrogen-bond donors (Lipinski definition) is 2. The standard InChI is InChI=1S/C44H56N6O3/c1-10-15-40(51)49(27(7)12-3)28(8)43-45-24-38(47-43)31-16-18-34-32(21-31)25-53-39-23-35-30(22-36(34)39)17-19-37-42(35)48-44(46-37)29(9)50(33(13-4)14-5)41(52)20-26(6)11-2/h13,16-19,21-24,26-29,33H,4,10-12,14-15,20,25H2,1-3,5-9H3,(H,45,47)(H,46,48)/t26-,27-,28-,29-,33-/m0/s1. The summed E-state index contributed by atoms with van der Waals surface area (Å²) in [6.45, 7) is 21.2. The van der Waals surface area contributed by atoms with Crippen molar-refractivity contribution in [2.24, 2.45) is 5.92 Å². The summed E-state index contributed by atoms with van der Waals surface area (Å²) in [5, 5.41) is 2.11. The molecule has 0 bridgehead atoms. The van der Waals surface area contributed by atoms with E-state index in [4.69, 9.17) is 14.7 Å². The van der Waals surface area contributed by atoms with E-state index in [2.05, 4.69) is 107 Å². The van der Waals surface area contributed by atoms with E-state index >= 15 is 0 Å². The van der Waals surface area contributed by atoms with Crippen molar-refractivity contribution in [3.05, 3.63) is 78.5 Å². The Labute approximate surface area is 314 Å². The molecule has 0 saturated carbocycles. The molecule has 0 spiro atoms. The normalized spacial score (nSPS) is 15.2. The van der Waals surface area contributed by atoms with Crippen LogP contribution in [0.4, 0.5) is 0 Å². The Morgan fingerprint density at radius 1 is 0.887 bits per heavy atom. The molecule has 3 heterocycles. The van der Waals surface area contributed by atoms with E-state index in [1.54, 1.807) is 0 Å². The molecule has 0 fully saturated rings. The van der Waals surface area contributed by atoms with Gasteiger partial charge < -0.3 is 24.5 Å². The summed E-state index contributed by atoms with van der Waals surface area (Å²) in [6.07, 6.45) is 8.23. The smallest absolute Gasteiger partial charge is 0.223 e. The van der Waals surface area contributed by atoms with Crippen molar-refractivity contribution < 1.29 is 14.3 Å². The molecule has 5 atom stereocenters. The molecule has 9 nitrogen and oxygen atoms in total. The Balaban J connectivity index is 1.29. The summed E-state index contributed by atoms with van der Waals surface area (Å²) in [5.41, 5.74) is 7.03. The fourth-order valence-electron chi connectivity index (χ4n) is 7.73. The number of ether oxygens (including phenoxy) is 1. The largest absolute Gasteiger partial charge is 0.488 e. The van der Waals surface area contributed by atoms with Crippen LogP contribution >= 0.6 is 0 Å². The van der Waals surface area contributed by atoms with E-state index in [1.165, 1.54) is 0 Å². The van der Waals surface area contributed by atoms with Crippen molar-refractivity contribution in [2.45, 2.75) is 125 Å². The fraction of sp³-hybridized carbons (Fsp3) is 0.455. The summed E-state index contributed by atoms with van der Waals surface area (Å²) in [5.74, 6) is 2.98. The molecule has 2 aromatic heterocycles. The van der Waals surface area contributed by atoms with Crippen LogP contribution in [0.2, 0.25) is 0 Å². The molecule has 9 heteroatoms. The zero-order valence-electron chi connectivity index (χ0n) is 32.8. The maximum atomic E-state index is 13.6. The minimum absolute atomic E-state index is 0.0763. The van der Waals surface area contributed by atoms with E-state index < -0.39 is 0 Å². The van der Waals surface area contributed by atoms with E-state index in [0.29, 0.717) is 25.4 Å². The molecule has 0 radical (unpaired) electrons. The van der Waals surface area contributed by atoms with E-state index in [1.807, 2.05) is 29.0 Å². The highest BCUT2D eigenvalue weighted by Crippen LogP contribution is 2.43. The second-order valence-electron chi connectivity index (χ2n) is 14.9. The fourth-order valence-corrected chi connectivity index (χ4v) is 7.73. The molecule has 2 amide bonds. The third-order valence-electron chi connectivity index (χ3n) is 11.3. The molecule has 2 N–H and O–H groups in total. The number of amides is 2. The molecular formula is C44H56N6O3. The molecule has 1 aliphatic heterocycles. The predicted octanol–water partition coefficient (Wildman–Crippen LogP) is 10.4. The number of nitrogens with zero attached hydrogens (tertiary/aromatic N) is 4. The number of aromatic nitrogens is 4. The van der Waals surface area contributed by atoms with Crippen molar-refractivity contribution in [3.8, 4) is 28.1 Å². The Morgan fingerprint density at radius 3 is 2.36 bits per heavy atom. The second-order valence-corrected chi connectivity index (χ2v) is 14.9. The highest BCUT2D eigenvalue weighted by molar-refractivity contribution is 6.07. The first-order valence-electron chi connectivity index (χ1n) is 19.6. The lowest BCUT2D eigenvalue weighted by molar-refractivity contribution is -0.137. The molecule has 0 unspecified atom stereocenters. The summed E-state index contributed by atoms with van der Waals surface area (Å²) >= 11 is 0. The van der Waals surface area contributed by atoms with E-state index in [0.717, 1.165) is 92.8 Å². The highest BCUT2D eigenvalue weighted by Gasteiger charge is 2.30. The summed E-state index contributed by atoms with van der Waals surface area (Å²) in [4.78, 5) is 47.4. The van der Waals surface area contributed by atoms with Crippen LogP contribution in [0.15, 0.2) is 61.3 Å². The lowest BCUT2D eigenvalue weighted by Crippen LogP contribution is -2.41. The van der Waals surface area contributed by atoms with Gasteiger partial charge in [0.05, 0.1) is 41.0 Å². The molecule has 0 aliphatic carbocycles. The number of carbonyl (C=O) groups is 2. The molecule has 0 saturated heterocycles. The summed E-state index contributed by atoms with van der Waals surface area (Å²) in [6, 6.07) is 14.6. The zero-order valence-corrected chi connectivity index (χ0v) is 32.8. The SMILES string of the molecule is C=C[C@@H](CC)N(C(=O)C[C@@H](C)CC)[C@@H](C)c1nc2ccc3cc4c(cc3c2[nH]1)OCc1cc(-c2cnc([C@H](C)N(C(=O)CCC)[C@@H](C)CC)[nH]2)ccc1-4. The molecule has 6 rings (SSSR count). The van der Waals surface area contributed by atoms with Gasteiger partial charge in [0.2, 0.25) is 11.8 Å². The van der Waals surface area contributed by atoms with Crippen LogP contribution < -0.4 is 4.74 Å². The molecular weight excluding hydrogens is 661 g/mol. The van der Waals surface area contributed by atoms with Crippen molar-refractivity contribution >= 4 is 33.6 Å². The van der Waals surface area contributed by atoms with Gasteiger partial charge in [-0.25, -0.2) is 9.97 Å². The van der Waals surface area contributed by atoms with Crippen LogP contribution in [-0.2, 0) is 16.2 Å². The Kier molecular flexibility index (Phi) is 11.4. The van der Waals surface area contributed by atoms with Gasteiger partial charge in [-0.05, 0) is 92.3 Å². The number of fused-ring (bicyclic) bond motifs is 6. The van der Waals surface area contributed by atoms with Gasteiger partial charge in [-0.1, -0.05) is 65.3 Å². The Bertz CT molecular complexity index is 2110. The average Bonchev–Trinajstić information content (AvgIpc) is 3.84. The molecule has 1 aliphatic rings. The van der Waals surface area contributed by atoms with Gasteiger partial charge in [-0.3, -0.25) is 9.59 Å². The lowest BCUT2D eigenvalue weighted by Gasteiger charge is -2.34. The summed E-state index contributed by atoms with van der Waals surface area (Å²) < 4.78 is 6.42. The van der Waals surface area contributed by atoms with Gasteiger partial charge in [0.1, 0.15) is 24.0 Å². The van der Waals surface area contributed by atoms with Crippen molar-refractivity contribution in [1.82, 2.24) is 29.7 Å². The molecule has 53 heavy (non-hydrogen) atoms. The van der Waals surface area contributed by atoms with Crippen LogP contribution in [0.1, 0.15) is 123 Å². The first-order chi connectivity index (χ1) is 25.5. The van der Waals surface area contributed by atoms with E-state index in [-0.39, 0.29) is 36.0 Å². The van der Waals surface area contributed by atoms with Gasteiger partial charge in [0.15, 0.2) is 0 Å². The Hall–Kier alpha value is -4.92. The summed E-state index contributed by atoms with van der Waals surface area (Å²) in [7, 11) is 0. The Morgan fingerprint density at radius 2 is 1.66 bits per heavy atom. The lowest BCUT2D eigenvalue weighted by atomic mass is 9.92. The maximum absolute atomic E-state index is 13.6. The number of rotatable bonds is 15. The van der Waals surface area contributed by atoms with Gasteiger partial charge in [-0.15, -0.1) is 6.58 Å². The average molecular weight is 717 g/mol. The zero-order chi connectivity index (χ0) is 38.0. The third-order valence-corrected chi connectivity index (χ3v) is 11.3. The van der Waals surface area contributed by atoms with Crippen LogP contribution in [0.3, 0.4) is 0 Å². The van der Waals surface area contributed by atoms with Crippen molar-refractivity contribution in [3.63, 3.8) is 0 Å². The molecule has 3 aromatic carbocycles. The highest BCUT2D eigenvalue weighted by atomic mass is 16.5. The van der Waals surface area contributed by atoms with Gasteiger partial charge in [0, 0.05) is 29.8 Å². The molecule has 5 aromatic rings. The van der Waals surface area contributed by atoms with Crippen LogP contribution in [-0.4, -0.2) is 53.6 Å². The van der Waals surface area contributed by atoms with Crippen LogP contribution in [0.25, 0.3) is 44.2 Å². The van der Waals surface area contributed by atoms with Crippen LogP contribution in [0.5, 0.6) is 5.75 Å². The van der Waals surface area contributed by atoms with Gasteiger partial charge >= 0.3 is 0 Å². The first kappa shape index (κ1) is 37.8. The van der Waals surface area contributed by atoms with Gasteiger partial charge in [-0.2, -0.15) is 0 Å². The minimum atomic E-state index is -0.247. The van der Waals surface area contributed by atoms with E-state index in [9.17, 15) is 9.59 Å². The van der Waals surface area contributed by atoms with Crippen LogP contribution in [0, 0.1) is 5.92 Å². The van der Waals surface area contributed by atoms with Crippen molar-refractivity contribution in [1.29, 1.82) is 0 Å². The number of aromatic amines is 2. The predicted molar refractivity (Wildman–Crippen MR) is 214 cm³/mol. The second kappa shape index (κ2) is 16.0. The number of imidazole rings is 2. The third kappa shape index (κ3) is 7.35. The monoisotopic (exact) mass is 716 g/mol.